The first kappa shape index (κ1) is 12.8. The summed E-state index contributed by atoms with van der Waals surface area (Å²) >= 11 is 0.905. The molecule has 0 spiro atoms. The van der Waals surface area contributed by atoms with Crippen molar-refractivity contribution < 1.29 is 24.9 Å². The Bertz CT molecular complexity index is 732. The van der Waals surface area contributed by atoms with Crippen molar-refractivity contribution in [3.05, 3.63) is 32.4 Å². The molecule has 0 radical (unpaired) electrons. The van der Waals surface area contributed by atoms with E-state index in [1.165, 1.54) is 11.4 Å². The van der Waals surface area contributed by atoms with E-state index in [9.17, 15) is 19.5 Å². The van der Waals surface area contributed by atoms with Gasteiger partial charge in [0.05, 0.1) is 0 Å². The highest BCUT2D eigenvalue weighted by atomic mass is 32.1. The molecule has 2 aromatic heterocycles. The molecule has 2 aromatic rings. The SMILES string of the molecule is O=C(O)c1nc(-c2ccsc2C(=O)O)[nH]c(=O)c1O. The number of nitrogens with one attached hydrogen (secondary N) is 1. The van der Waals surface area contributed by atoms with E-state index >= 15 is 0 Å². The summed E-state index contributed by atoms with van der Waals surface area (Å²) in [7, 11) is 0. The molecule has 0 amide bonds. The Labute approximate surface area is 108 Å². The molecule has 8 nitrogen and oxygen atoms in total. The van der Waals surface area contributed by atoms with Gasteiger partial charge < -0.3 is 20.3 Å². The average molecular weight is 282 g/mol. The second-order valence-corrected chi connectivity index (χ2v) is 4.30. The van der Waals surface area contributed by atoms with Gasteiger partial charge in [-0.15, -0.1) is 11.3 Å². The third kappa shape index (κ3) is 2.18. The largest absolute Gasteiger partial charge is 0.501 e. The highest BCUT2D eigenvalue weighted by Crippen LogP contribution is 2.26. The van der Waals surface area contributed by atoms with Crippen LogP contribution in [-0.2, 0) is 0 Å². The summed E-state index contributed by atoms with van der Waals surface area (Å²) in [6.07, 6.45) is 0. The van der Waals surface area contributed by atoms with Crippen LogP contribution in [0.2, 0.25) is 0 Å². The van der Waals surface area contributed by atoms with Gasteiger partial charge in [-0.05, 0) is 11.4 Å². The highest BCUT2D eigenvalue weighted by Gasteiger charge is 2.21. The van der Waals surface area contributed by atoms with Crippen LogP contribution in [0.3, 0.4) is 0 Å². The van der Waals surface area contributed by atoms with Gasteiger partial charge in [0, 0.05) is 5.56 Å². The average Bonchev–Trinajstić information content (AvgIpc) is 2.81. The quantitative estimate of drug-likeness (QED) is 0.646. The molecule has 4 N–H and O–H groups in total. The maximum absolute atomic E-state index is 11.4. The van der Waals surface area contributed by atoms with E-state index in [4.69, 9.17) is 10.2 Å². The van der Waals surface area contributed by atoms with E-state index in [2.05, 4.69) is 9.97 Å². The molecule has 0 aliphatic carbocycles. The molecule has 0 fully saturated rings. The Morgan fingerprint density at radius 3 is 2.53 bits per heavy atom. The van der Waals surface area contributed by atoms with Crippen LogP contribution in [0.4, 0.5) is 0 Å². The fraction of sp³-hybridized carbons (Fsp3) is 0. The zero-order valence-electron chi connectivity index (χ0n) is 9.08. The standard InChI is InChI=1S/C10H6N2O6S/c13-5-4(9(15)16)11-7(12-8(5)14)3-1-2-19-6(3)10(17)18/h1-2,13H,(H,15,16)(H,17,18)(H,11,12,14). The van der Waals surface area contributed by atoms with Crippen LogP contribution in [0.1, 0.15) is 20.2 Å². The summed E-state index contributed by atoms with van der Waals surface area (Å²) in [5.74, 6) is -4.06. The van der Waals surface area contributed by atoms with Crippen molar-refractivity contribution in [2.75, 3.05) is 0 Å². The molecule has 2 heterocycles. The van der Waals surface area contributed by atoms with Crippen molar-refractivity contribution in [2.24, 2.45) is 0 Å². The lowest BCUT2D eigenvalue weighted by Gasteiger charge is -2.03. The van der Waals surface area contributed by atoms with Crippen LogP contribution in [0, 0.1) is 0 Å². The molecule has 0 saturated carbocycles. The van der Waals surface area contributed by atoms with Gasteiger partial charge in [-0.1, -0.05) is 0 Å². The number of aromatic hydroxyl groups is 1. The number of hydrogen-bond donors (Lipinski definition) is 4. The molecule has 0 aliphatic heterocycles. The minimum atomic E-state index is -1.59. The molecule has 9 heteroatoms. The predicted molar refractivity (Wildman–Crippen MR) is 63.8 cm³/mol. The number of carboxylic acid groups (broad SMARTS) is 2. The molecule has 98 valence electrons. The Kier molecular flexibility index (Phi) is 3.05. The number of rotatable bonds is 3. The zero-order valence-corrected chi connectivity index (χ0v) is 9.89. The second-order valence-electron chi connectivity index (χ2n) is 3.39. The van der Waals surface area contributed by atoms with E-state index in [0.717, 1.165) is 11.3 Å². The highest BCUT2D eigenvalue weighted by molar-refractivity contribution is 7.12. The Morgan fingerprint density at radius 2 is 1.95 bits per heavy atom. The first-order valence-corrected chi connectivity index (χ1v) is 5.67. The third-order valence-corrected chi connectivity index (χ3v) is 3.11. The zero-order chi connectivity index (χ0) is 14.2. The van der Waals surface area contributed by atoms with Gasteiger partial charge in [0.1, 0.15) is 10.7 Å². The first-order valence-electron chi connectivity index (χ1n) is 4.79. The molecule has 2 rings (SSSR count). The van der Waals surface area contributed by atoms with Crippen LogP contribution in [0.25, 0.3) is 11.4 Å². The van der Waals surface area contributed by atoms with Gasteiger partial charge in [0.25, 0.3) is 5.56 Å². The fourth-order valence-corrected chi connectivity index (χ4v) is 2.14. The molecule has 0 aromatic carbocycles. The third-order valence-electron chi connectivity index (χ3n) is 2.21. The maximum atomic E-state index is 11.4. The number of hydrogen-bond acceptors (Lipinski definition) is 6. The van der Waals surface area contributed by atoms with E-state index in [-0.39, 0.29) is 16.3 Å². The second kappa shape index (κ2) is 4.53. The first-order chi connectivity index (χ1) is 8.91. The number of aromatic nitrogens is 2. The number of nitrogens with zero attached hydrogens (tertiary/aromatic N) is 1. The minimum absolute atomic E-state index is 0.0806. The molecule has 0 atom stereocenters. The monoisotopic (exact) mass is 282 g/mol. The summed E-state index contributed by atoms with van der Waals surface area (Å²) in [4.78, 5) is 38.8. The van der Waals surface area contributed by atoms with Crippen molar-refractivity contribution in [3.8, 4) is 17.1 Å². The minimum Gasteiger partial charge on any atom is -0.501 e. The van der Waals surface area contributed by atoms with Crippen LogP contribution < -0.4 is 5.56 Å². The normalized spacial score (nSPS) is 10.3. The number of carbonyl (C=O) groups is 2. The van der Waals surface area contributed by atoms with Gasteiger partial charge in [0.2, 0.25) is 5.75 Å². The number of H-pyrrole nitrogens is 1. The number of aromatic carboxylic acids is 2. The molecule has 0 unspecified atom stereocenters. The van der Waals surface area contributed by atoms with E-state index < -0.39 is 28.9 Å². The number of carboxylic acids is 2. The smallest absolute Gasteiger partial charge is 0.358 e. The maximum Gasteiger partial charge on any atom is 0.358 e. The molecule has 0 aliphatic rings. The Balaban J connectivity index is 2.70. The van der Waals surface area contributed by atoms with Crippen LogP contribution in [-0.4, -0.2) is 37.2 Å². The number of thiophene rings is 1. The van der Waals surface area contributed by atoms with Crippen molar-refractivity contribution in [2.45, 2.75) is 0 Å². The molecular formula is C10H6N2O6S. The van der Waals surface area contributed by atoms with E-state index in [1.54, 1.807) is 0 Å². The lowest BCUT2D eigenvalue weighted by molar-refractivity contribution is 0.0682. The van der Waals surface area contributed by atoms with Gasteiger partial charge >= 0.3 is 11.9 Å². The van der Waals surface area contributed by atoms with Gasteiger partial charge in [-0.3, -0.25) is 4.79 Å². The fourth-order valence-electron chi connectivity index (χ4n) is 1.41. The van der Waals surface area contributed by atoms with Crippen molar-refractivity contribution in [3.63, 3.8) is 0 Å². The topological polar surface area (TPSA) is 141 Å². The van der Waals surface area contributed by atoms with Crippen molar-refractivity contribution in [1.29, 1.82) is 0 Å². The molecule has 0 bridgehead atoms. The van der Waals surface area contributed by atoms with Gasteiger partial charge in [-0.2, -0.15) is 0 Å². The van der Waals surface area contributed by atoms with Crippen LogP contribution in [0.15, 0.2) is 16.2 Å². The van der Waals surface area contributed by atoms with Crippen molar-refractivity contribution in [1.82, 2.24) is 9.97 Å². The molecule has 0 saturated heterocycles. The lowest BCUT2D eigenvalue weighted by Crippen LogP contribution is -2.15. The summed E-state index contributed by atoms with van der Waals surface area (Å²) < 4.78 is 0. The van der Waals surface area contributed by atoms with Gasteiger partial charge in [-0.25, -0.2) is 14.6 Å². The van der Waals surface area contributed by atoms with Crippen molar-refractivity contribution >= 4 is 23.3 Å². The van der Waals surface area contributed by atoms with E-state index in [1.807, 2.05) is 0 Å². The summed E-state index contributed by atoms with van der Waals surface area (Å²) in [5, 5.41) is 28.5. The predicted octanol–water partition coefficient (Wildman–Crippen LogP) is 0.600. The Morgan fingerprint density at radius 1 is 1.26 bits per heavy atom. The molecule has 19 heavy (non-hydrogen) atoms. The lowest BCUT2D eigenvalue weighted by atomic mass is 10.2. The van der Waals surface area contributed by atoms with Gasteiger partial charge in [0.15, 0.2) is 5.69 Å². The Hall–Kier alpha value is -2.68. The summed E-state index contributed by atoms with van der Waals surface area (Å²) in [6.45, 7) is 0. The van der Waals surface area contributed by atoms with Crippen LogP contribution in [0.5, 0.6) is 5.75 Å². The van der Waals surface area contributed by atoms with E-state index in [0.29, 0.717) is 0 Å². The summed E-state index contributed by atoms with van der Waals surface area (Å²) in [6, 6.07) is 1.38. The number of aromatic amines is 1. The molecular weight excluding hydrogens is 276 g/mol. The van der Waals surface area contributed by atoms with Crippen LogP contribution >= 0.6 is 11.3 Å². The summed E-state index contributed by atoms with van der Waals surface area (Å²) in [5.41, 5.74) is -1.80.